The maximum Gasteiger partial charge on any atom is 0.413 e. The fourth-order valence-corrected chi connectivity index (χ4v) is 0.737. The first-order valence-corrected chi connectivity index (χ1v) is 4.40. The van der Waals surface area contributed by atoms with E-state index < -0.39 is 6.09 Å². The summed E-state index contributed by atoms with van der Waals surface area (Å²) >= 11 is 0. The number of hydrogen-bond donors (Lipinski definition) is 1. The fraction of sp³-hybridized carbons (Fsp3) is 0.625. The Balaban J connectivity index is 2.45. The number of hydrogen-bond acceptors (Lipinski definition) is 5. The van der Waals surface area contributed by atoms with Gasteiger partial charge in [0.1, 0.15) is 11.8 Å². The maximum atomic E-state index is 11.2. The SMILES string of the molecule is CC[C@H](C)OC(=O)Nc1nonc1C. The number of aryl methyl sites for hydroxylation is 1. The Morgan fingerprint density at radius 1 is 1.64 bits per heavy atom. The minimum Gasteiger partial charge on any atom is -0.446 e. The lowest BCUT2D eigenvalue weighted by Gasteiger charge is -2.10. The van der Waals surface area contributed by atoms with Crippen molar-refractivity contribution in [1.29, 1.82) is 0 Å². The third kappa shape index (κ3) is 2.72. The number of rotatable bonds is 3. The summed E-state index contributed by atoms with van der Waals surface area (Å²) in [5.41, 5.74) is 0.520. The van der Waals surface area contributed by atoms with Crippen LogP contribution in [0.25, 0.3) is 0 Å². The van der Waals surface area contributed by atoms with Gasteiger partial charge >= 0.3 is 6.09 Å². The van der Waals surface area contributed by atoms with E-state index in [0.29, 0.717) is 11.5 Å². The van der Waals surface area contributed by atoms with Crippen LogP contribution in [0.2, 0.25) is 0 Å². The first kappa shape index (κ1) is 10.5. The lowest BCUT2D eigenvalue weighted by atomic mass is 10.3. The summed E-state index contributed by atoms with van der Waals surface area (Å²) in [5.74, 6) is 0.290. The second-order valence-electron chi connectivity index (χ2n) is 2.95. The number of carbonyl (C=O) groups excluding carboxylic acids is 1. The van der Waals surface area contributed by atoms with Crippen LogP contribution in [0.5, 0.6) is 0 Å². The second-order valence-corrected chi connectivity index (χ2v) is 2.95. The van der Waals surface area contributed by atoms with Crippen LogP contribution >= 0.6 is 0 Å². The lowest BCUT2D eigenvalue weighted by molar-refractivity contribution is 0.118. The van der Waals surface area contributed by atoms with Gasteiger partial charge in [0.15, 0.2) is 0 Å². The van der Waals surface area contributed by atoms with Crippen molar-refractivity contribution in [3.63, 3.8) is 0 Å². The second kappa shape index (κ2) is 4.59. The van der Waals surface area contributed by atoms with E-state index in [-0.39, 0.29) is 6.10 Å². The van der Waals surface area contributed by atoms with Gasteiger partial charge in [-0.1, -0.05) is 12.1 Å². The van der Waals surface area contributed by atoms with Crippen molar-refractivity contribution in [2.75, 3.05) is 5.32 Å². The number of ether oxygens (including phenoxy) is 1. The van der Waals surface area contributed by atoms with Crippen LogP contribution in [0, 0.1) is 6.92 Å². The van der Waals surface area contributed by atoms with Crippen LogP contribution in [-0.2, 0) is 4.74 Å². The zero-order valence-electron chi connectivity index (χ0n) is 8.40. The number of amides is 1. The van der Waals surface area contributed by atoms with E-state index in [2.05, 4.69) is 20.3 Å². The molecule has 0 unspecified atom stereocenters. The van der Waals surface area contributed by atoms with E-state index in [1.807, 2.05) is 13.8 Å². The van der Waals surface area contributed by atoms with Crippen LogP contribution in [0.3, 0.4) is 0 Å². The lowest BCUT2D eigenvalue weighted by Crippen LogP contribution is -2.20. The fourth-order valence-electron chi connectivity index (χ4n) is 0.737. The molecule has 14 heavy (non-hydrogen) atoms. The van der Waals surface area contributed by atoms with Crippen LogP contribution in [-0.4, -0.2) is 22.5 Å². The summed E-state index contributed by atoms with van der Waals surface area (Å²) in [5, 5.41) is 9.43. The average molecular weight is 199 g/mol. The van der Waals surface area contributed by atoms with E-state index in [9.17, 15) is 4.79 Å². The summed E-state index contributed by atoms with van der Waals surface area (Å²) in [7, 11) is 0. The molecule has 0 radical (unpaired) electrons. The monoisotopic (exact) mass is 199 g/mol. The van der Waals surface area contributed by atoms with Gasteiger partial charge in [0.25, 0.3) is 0 Å². The predicted octanol–water partition coefficient (Wildman–Crippen LogP) is 1.73. The Hall–Kier alpha value is -1.59. The van der Waals surface area contributed by atoms with E-state index >= 15 is 0 Å². The number of aromatic nitrogens is 2. The molecule has 6 heteroatoms. The molecule has 1 N–H and O–H groups in total. The molecule has 0 aromatic carbocycles. The first-order chi connectivity index (χ1) is 6.63. The third-order valence-corrected chi connectivity index (χ3v) is 1.76. The van der Waals surface area contributed by atoms with Crippen LogP contribution in [0.15, 0.2) is 4.63 Å². The largest absolute Gasteiger partial charge is 0.446 e. The molecule has 0 saturated heterocycles. The van der Waals surface area contributed by atoms with Crippen molar-refractivity contribution in [1.82, 2.24) is 10.3 Å². The molecule has 78 valence electrons. The molecule has 0 aliphatic rings. The van der Waals surface area contributed by atoms with Crippen molar-refractivity contribution >= 4 is 11.9 Å². The molecule has 0 spiro atoms. The van der Waals surface area contributed by atoms with E-state index in [0.717, 1.165) is 6.42 Å². The van der Waals surface area contributed by atoms with Crippen molar-refractivity contribution in [3.8, 4) is 0 Å². The molecule has 0 aliphatic carbocycles. The highest BCUT2D eigenvalue weighted by atomic mass is 16.6. The van der Waals surface area contributed by atoms with Crippen molar-refractivity contribution in [3.05, 3.63) is 5.69 Å². The summed E-state index contributed by atoms with van der Waals surface area (Å²) in [4.78, 5) is 11.2. The molecule has 0 fully saturated rings. The van der Waals surface area contributed by atoms with Gasteiger partial charge in [0.05, 0.1) is 0 Å². The third-order valence-electron chi connectivity index (χ3n) is 1.76. The summed E-state index contributed by atoms with van der Waals surface area (Å²) in [6.45, 7) is 5.42. The highest BCUT2D eigenvalue weighted by Gasteiger charge is 2.12. The topological polar surface area (TPSA) is 77.2 Å². The molecular formula is C8H13N3O3. The van der Waals surface area contributed by atoms with E-state index in [4.69, 9.17) is 4.74 Å². The zero-order valence-corrected chi connectivity index (χ0v) is 8.40. The van der Waals surface area contributed by atoms with Gasteiger partial charge < -0.3 is 4.74 Å². The summed E-state index contributed by atoms with van der Waals surface area (Å²) < 4.78 is 9.38. The Labute approximate surface area is 81.6 Å². The van der Waals surface area contributed by atoms with Gasteiger partial charge in [-0.25, -0.2) is 9.42 Å². The minimum atomic E-state index is -0.543. The zero-order chi connectivity index (χ0) is 10.6. The molecule has 0 aliphatic heterocycles. The smallest absolute Gasteiger partial charge is 0.413 e. The maximum absolute atomic E-state index is 11.2. The van der Waals surface area contributed by atoms with Crippen molar-refractivity contribution in [2.45, 2.75) is 33.3 Å². The summed E-state index contributed by atoms with van der Waals surface area (Å²) in [6.07, 6.45) is 0.108. The van der Waals surface area contributed by atoms with E-state index in [1.165, 1.54) is 0 Å². The Morgan fingerprint density at radius 2 is 2.36 bits per heavy atom. The van der Waals surface area contributed by atoms with Crippen LogP contribution < -0.4 is 5.32 Å². The Morgan fingerprint density at radius 3 is 2.86 bits per heavy atom. The van der Waals surface area contributed by atoms with Gasteiger partial charge in [0.2, 0.25) is 5.82 Å². The van der Waals surface area contributed by atoms with Gasteiger partial charge in [-0.2, -0.15) is 0 Å². The van der Waals surface area contributed by atoms with Crippen LogP contribution in [0.1, 0.15) is 26.0 Å². The molecule has 1 amide bonds. The van der Waals surface area contributed by atoms with Gasteiger partial charge in [-0.05, 0) is 25.4 Å². The molecule has 0 saturated carbocycles. The van der Waals surface area contributed by atoms with Gasteiger partial charge in [0, 0.05) is 0 Å². The molecule has 1 heterocycles. The Kier molecular flexibility index (Phi) is 3.44. The Bertz CT molecular complexity index is 311. The van der Waals surface area contributed by atoms with Gasteiger partial charge in [-0.3, -0.25) is 5.32 Å². The van der Waals surface area contributed by atoms with Crippen molar-refractivity contribution < 1.29 is 14.2 Å². The molecule has 0 bridgehead atoms. The first-order valence-electron chi connectivity index (χ1n) is 4.40. The molecule has 6 nitrogen and oxygen atoms in total. The minimum absolute atomic E-state index is 0.116. The average Bonchev–Trinajstić information content (AvgIpc) is 2.51. The standard InChI is InChI=1S/C8H13N3O3/c1-4-5(2)13-8(12)9-7-6(3)10-14-11-7/h5H,4H2,1-3H3,(H,9,11,12)/t5-/m0/s1. The quantitative estimate of drug-likeness (QED) is 0.802. The van der Waals surface area contributed by atoms with E-state index in [1.54, 1.807) is 6.92 Å². The summed E-state index contributed by atoms with van der Waals surface area (Å²) in [6, 6.07) is 0. The van der Waals surface area contributed by atoms with Crippen molar-refractivity contribution in [2.24, 2.45) is 0 Å². The normalized spacial score (nSPS) is 12.2. The highest BCUT2D eigenvalue weighted by Crippen LogP contribution is 2.08. The molecule has 1 atom stereocenters. The number of anilines is 1. The molecular weight excluding hydrogens is 186 g/mol. The number of nitrogens with one attached hydrogen (secondary N) is 1. The number of nitrogens with zero attached hydrogens (tertiary/aromatic N) is 2. The number of carbonyl (C=O) groups is 1. The van der Waals surface area contributed by atoms with Crippen LogP contribution in [0.4, 0.5) is 10.6 Å². The predicted molar refractivity (Wildman–Crippen MR) is 48.9 cm³/mol. The highest BCUT2D eigenvalue weighted by molar-refractivity contribution is 5.83. The molecule has 1 aromatic rings. The molecule has 1 aromatic heterocycles. The molecule has 1 rings (SSSR count). The van der Waals surface area contributed by atoms with Gasteiger partial charge in [-0.15, -0.1) is 0 Å².